The molecule has 0 atom stereocenters. The maximum Gasteiger partial charge on any atom is 0.266 e. The number of aryl methyl sites for hydroxylation is 1. The first kappa shape index (κ1) is 16.9. The van der Waals surface area contributed by atoms with Crippen LogP contribution in [0.5, 0.6) is 5.75 Å². The van der Waals surface area contributed by atoms with Crippen molar-refractivity contribution in [2.24, 2.45) is 11.8 Å². The number of piperidine rings is 1. The number of rotatable bonds is 4. The summed E-state index contributed by atoms with van der Waals surface area (Å²) in [4.78, 5) is 14.7. The van der Waals surface area contributed by atoms with E-state index >= 15 is 0 Å². The van der Waals surface area contributed by atoms with Crippen molar-refractivity contribution in [2.45, 2.75) is 53.1 Å². The first-order valence-electron chi connectivity index (χ1n) is 8.34. The fourth-order valence-electron chi connectivity index (χ4n) is 3.09. The average Bonchev–Trinajstić information content (AvgIpc) is 2.48. The Morgan fingerprint density at radius 3 is 2.23 bits per heavy atom. The van der Waals surface area contributed by atoms with Crippen molar-refractivity contribution in [2.75, 3.05) is 13.1 Å². The highest BCUT2D eigenvalue weighted by Gasteiger charge is 2.36. The van der Waals surface area contributed by atoms with Crippen LogP contribution in [0.1, 0.15) is 46.1 Å². The molecular weight excluding hydrogens is 274 g/mol. The third-order valence-electron chi connectivity index (χ3n) is 4.68. The van der Waals surface area contributed by atoms with Gasteiger partial charge in [-0.15, -0.1) is 0 Å². The predicted octanol–water partition coefficient (Wildman–Crippen LogP) is 4.05. The van der Waals surface area contributed by atoms with Gasteiger partial charge < -0.3 is 9.64 Å². The summed E-state index contributed by atoms with van der Waals surface area (Å²) >= 11 is 0. The maximum atomic E-state index is 12.8. The van der Waals surface area contributed by atoms with E-state index in [0.717, 1.165) is 37.6 Å². The molecule has 0 radical (unpaired) electrons. The Kier molecular flexibility index (Phi) is 5.15. The van der Waals surface area contributed by atoms with Crippen molar-refractivity contribution in [3.63, 3.8) is 0 Å². The van der Waals surface area contributed by atoms with E-state index in [0.29, 0.717) is 5.92 Å². The van der Waals surface area contributed by atoms with Gasteiger partial charge in [-0.25, -0.2) is 0 Å². The van der Waals surface area contributed by atoms with Crippen LogP contribution in [0.15, 0.2) is 24.3 Å². The van der Waals surface area contributed by atoms with Crippen LogP contribution in [-0.4, -0.2) is 29.5 Å². The number of amides is 1. The molecule has 1 saturated heterocycles. The molecule has 22 heavy (non-hydrogen) atoms. The Morgan fingerprint density at radius 2 is 1.73 bits per heavy atom. The number of ether oxygens (including phenoxy) is 1. The van der Waals surface area contributed by atoms with Crippen LogP contribution in [0.2, 0.25) is 0 Å². The zero-order chi connectivity index (χ0) is 16.3. The van der Waals surface area contributed by atoms with E-state index in [-0.39, 0.29) is 5.91 Å². The molecule has 0 spiro atoms. The van der Waals surface area contributed by atoms with Gasteiger partial charge in [0.1, 0.15) is 5.75 Å². The maximum absolute atomic E-state index is 12.8. The summed E-state index contributed by atoms with van der Waals surface area (Å²) in [5.74, 6) is 2.29. The van der Waals surface area contributed by atoms with Gasteiger partial charge in [0.05, 0.1) is 0 Å². The lowest BCUT2D eigenvalue weighted by Crippen LogP contribution is -2.51. The van der Waals surface area contributed by atoms with Crippen molar-refractivity contribution in [3.8, 4) is 5.75 Å². The van der Waals surface area contributed by atoms with E-state index in [1.807, 2.05) is 49.9 Å². The van der Waals surface area contributed by atoms with Crippen molar-refractivity contribution >= 4 is 5.91 Å². The van der Waals surface area contributed by atoms with Crippen LogP contribution >= 0.6 is 0 Å². The molecule has 1 amide bonds. The molecular formula is C19H29NO2. The van der Waals surface area contributed by atoms with Crippen LogP contribution in [0, 0.1) is 18.8 Å². The summed E-state index contributed by atoms with van der Waals surface area (Å²) in [5, 5.41) is 0. The molecule has 1 aliphatic rings. The van der Waals surface area contributed by atoms with E-state index in [2.05, 4.69) is 13.8 Å². The largest absolute Gasteiger partial charge is 0.478 e. The van der Waals surface area contributed by atoms with Crippen molar-refractivity contribution in [3.05, 3.63) is 29.8 Å². The second-order valence-electron chi connectivity index (χ2n) is 7.30. The molecule has 3 heteroatoms. The Bertz CT molecular complexity index is 497. The zero-order valence-electron chi connectivity index (χ0n) is 14.6. The second kappa shape index (κ2) is 6.72. The number of carbonyl (C=O) groups is 1. The number of hydrogen-bond acceptors (Lipinski definition) is 2. The summed E-state index contributed by atoms with van der Waals surface area (Å²) < 4.78 is 5.95. The summed E-state index contributed by atoms with van der Waals surface area (Å²) in [6.45, 7) is 12.0. The summed E-state index contributed by atoms with van der Waals surface area (Å²) in [6.07, 6.45) is 2.20. The Morgan fingerprint density at radius 1 is 1.18 bits per heavy atom. The van der Waals surface area contributed by atoms with Gasteiger partial charge in [-0.1, -0.05) is 31.5 Å². The SMILES string of the molecule is Cc1ccc(OC(C)(C)C(=O)N2CCC(C(C)C)CC2)cc1. The fraction of sp³-hybridized carbons (Fsp3) is 0.632. The Balaban J connectivity index is 1.97. The zero-order valence-corrected chi connectivity index (χ0v) is 14.6. The van der Waals surface area contributed by atoms with Crippen molar-refractivity contribution < 1.29 is 9.53 Å². The first-order chi connectivity index (χ1) is 10.3. The molecule has 2 rings (SSSR count). The summed E-state index contributed by atoms with van der Waals surface area (Å²) in [6, 6.07) is 7.86. The predicted molar refractivity (Wildman–Crippen MR) is 90.0 cm³/mol. The highest BCUT2D eigenvalue weighted by molar-refractivity contribution is 5.84. The van der Waals surface area contributed by atoms with Gasteiger partial charge in [-0.05, 0) is 57.6 Å². The molecule has 1 heterocycles. The molecule has 0 aromatic heterocycles. The number of benzene rings is 1. The number of hydrogen-bond donors (Lipinski definition) is 0. The van der Waals surface area contributed by atoms with Gasteiger partial charge in [-0.3, -0.25) is 4.79 Å². The van der Waals surface area contributed by atoms with Gasteiger partial charge >= 0.3 is 0 Å². The monoisotopic (exact) mass is 303 g/mol. The molecule has 122 valence electrons. The molecule has 1 aromatic rings. The minimum Gasteiger partial charge on any atom is -0.478 e. The molecule has 0 unspecified atom stereocenters. The third kappa shape index (κ3) is 4.02. The minimum absolute atomic E-state index is 0.0929. The molecule has 0 aliphatic carbocycles. The molecule has 1 aromatic carbocycles. The lowest BCUT2D eigenvalue weighted by molar-refractivity contribution is -0.147. The second-order valence-corrected chi connectivity index (χ2v) is 7.30. The average molecular weight is 303 g/mol. The fourth-order valence-corrected chi connectivity index (χ4v) is 3.09. The summed E-state index contributed by atoms with van der Waals surface area (Å²) in [7, 11) is 0. The molecule has 1 fully saturated rings. The molecule has 0 bridgehead atoms. The van der Waals surface area contributed by atoms with Crippen molar-refractivity contribution in [1.82, 2.24) is 4.90 Å². The van der Waals surface area contributed by atoms with Gasteiger partial charge in [0.15, 0.2) is 5.60 Å². The minimum atomic E-state index is -0.820. The number of carbonyl (C=O) groups excluding carboxylic acids is 1. The van der Waals surface area contributed by atoms with Gasteiger partial charge in [0.25, 0.3) is 5.91 Å². The lowest BCUT2D eigenvalue weighted by Gasteiger charge is -2.38. The van der Waals surface area contributed by atoms with Gasteiger partial charge in [0.2, 0.25) is 0 Å². The first-order valence-corrected chi connectivity index (χ1v) is 8.34. The van der Waals surface area contributed by atoms with Crippen LogP contribution < -0.4 is 4.74 Å². The van der Waals surface area contributed by atoms with E-state index in [1.54, 1.807) is 0 Å². The molecule has 0 saturated carbocycles. The number of nitrogens with zero attached hydrogens (tertiary/aromatic N) is 1. The van der Waals surface area contributed by atoms with E-state index in [4.69, 9.17) is 4.74 Å². The Labute approximate surface area is 134 Å². The lowest BCUT2D eigenvalue weighted by atomic mass is 9.86. The van der Waals surface area contributed by atoms with E-state index in [9.17, 15) is 4.79 Å². The molecule has 3 nitrogen and oxygen atoms in total. The van der Waals surface area contributed by atoms with Gasteiger partial charge in [-0.2, -0.15) is 0 Å². The molecule has 1 aliphatic heterocycles. The van der Waals surface area contributed by atoms with Crippen molar-refractivity contribution in [1.29, 1.82) is 0 Å². The standard InChI is InChI=1S/C19H29NO2/c1-14(2)16-10-12-20(13-11-16)18(21)19(4,5)22-17-8-6-15(3)7-9-17/h6-9,14,16H,10-13H2,1-5H3. The summed E-state index contributed by atoms with van der Waals surface area (Å²) in [5.41, 5.74) is 0.368. The van der Waals surface area contributed by atoms with Crippen LogP contribution in [-0.2, 0) is 4.79 Å². The van der Waals surface area contributed by atoms with E-state index < -0.39 is 5.60 Å². The number of likely N-dealkylation sites (tertiary alicyclic amines) is 1. The topological polar surface area (TPSA) is 29.5 Å². The quantitative estimate of drug-likeness (QED) is 0.840. The smallest absolute Gasteiger partial charge is 0.266 e. The highest BCUT2D eigenvalue weighted by atomic mass is 16.5. The normalized spacial score (nSPS) is 16.9. The van der Waals surface area contributed by atoms with Crippen LogP contribution in [0.3, 0.4) is 0 Å². The Hall–Kier alpha value is -1.51. The van der Waals surface area contributed by atoms with Crippen LogP contribution in [0.4, 0.5) is 0 Å². The molecule has 0 N–H and O–H groups in total. The van der Waals surface area contributed by atoms with Gasteiger partial charge in [0, 0.05) is 13.1 Å². The van der Waals surface area contributed by atoms with Crippen LogP contribution in [0.25, 0.3) is 0 Å². The highest BCUT2D eigenvalue weighted by Crippen LogP contribution is 2.27. The third-order valence-corrected chi connectivity index (χ3v) is 4.68. The van der Waals surface area contributed by atoms with E-state index in [1.165, 1.54) is 5.56 Å².